The van der Waals surface area contributed by atoms with Gasteiger partial charge in [-0.3, -0.25) is 4.98 Å². The number of pyridine rings is 1. The third-order valence-electron chi connectivity index (χ3n) is 6.03. The summed E-state index contributed by atoms with van der Waals surface area (Å²) in [5, 5.41) is 28.3. The van der Waals surface area contributed by atoms with E-state index in [1.807, 2.05) is 19.9 Å². The molecule has 4 unspecified atom stereocenters. The zero-order valence-corrected chi connectivity index (χ0v) is 17.9. The van der Waals surface area contributed by atoms with Crippen molar-refractivity contribution in [1.82, 2.24) is 19.9 Å². The standard InChI is InChI=1S/C21H26N6O2S/c1-10-7-13(18(29)17(10)28)25-19-16(20-26-14-9-22-6-5-15(14)30-20)11(2)24-21(27-19)23-8-12-3-4-12/h5-6,9-10,12-13,17-18,28-29H,3-4,7-8H2,1-2H3,(H2,23,24,25,27). The van der Waals surface area contributed by atoms with Gasteiger partial charge in [0, 0.05) is 12.7 Å². The molecular weight excluding hydrogens is 400 g/mol. The van der Waals surface area contributed by atoms with Gasteiger partial charge < -0.3 is 20.8 Å². The highest BCUT2D eigenvalue weighted by Gasteiger charge is 2.39. The molecule has 0 spiro atoms. The Balaban J connectivity index is 1.53. The molecule has 2 aliphatic rings. The van der Waals surface area contributed by atoms with Crippen LogP contribution in [0.2, 0.25) is 0 Å². The molecule has 3 aromatic rings. The average molecular weight is 427 g/mol. The highest BCUT2D eigenvalue weighted by atomic mass is 32.1. The van der Waals surface area contributed by atoms with Gasteiger partial charge in [0.15, 0.2) is 0 Å². The van der Waals surface area contributed by atoms with Gasteiger partial charge in [-0.2, -0.15) is 4.98 Å². The van der Waals surface area contributed by atoms with Gasteiger partial charge in [0.25, 0.3) is 0 Å². The van der Waals surface area contributed by atoms with Gasteiger partial charge in [-0.15, -0.1) is 11.3 Å². The van der Waals surface area contributed by atoms with Crippen LogP contribution in [0.1, 0.15) is 31.9 Å². The average Bonchev–Trinajstić information content (AvgIpc) is 3.41. The molecule has 0 aromatic carbocycles. The van der Waals surface area contributed by atoms with E-state index in [1.54, 1.807) is 23.7 Å². The lowest BCUT2D eigenvalue weighted by Gasteiger charge is -2.21. The van der Waals surface area contributed by atoms with Crippen molar-refractivity contribution in [1.29, 1.82) is 0 Å². The van der Waals surface area contributed by atoms with Crippen LogP contribution in [-0.2, 0) is 0 Å². The molecule has 3 heterocycles. The number of nitrogens with zero attached hydrogens (tertiary/aromatic N) is 4. The van der Waals surface area contributed by atoms with Crippen LogP contribution in [0.15, 0.2) is 18.5 Å². The number of hydrogen-bond acceptors (Lipinski definition) is 9. The van der Waals surface area contributed by atoms with Crippen LogP contribution in [0.3, 0.4) is 0 Å². The van der Waals surface area contributed by atoms with Crippen LogP contribution in [0.5, 0.6) is 0 Å². The number of thiazole rings is 1. The highest BCUT2D eigenvalue weighted by Crippen LogP contribution is 2.38. The lowest BCUT2D eigenvalue weighted by atomic mass is 10.1. The number of aliphatic hydroxyl groups excluding tert-OH is 2. The van der Waals surface area contributed by atoms with E-state index in [0.29, 0.717) is 24.1 Å². The molecule has 5 rings (SSSR count). The summed E-state index contributed by atoms with van der Waals surface area (Å²) in [5.41, 5.74) is 2.48. The van der Waals surface area contributed by atoms with Crippen molar-refractivity contribution < 1.29 is 10.2 Å². The molecule has 8 nitrogen and oxygen atoms in total. The smallest absolute Gasteiger partial charge is 0.224 e. The summed E-state index contributed by atoms with van der Waals surface area (Å²) in [4.78, 5) is 18.3. The molecule has 0 radical (unpaired) electrons. The first-order chi connectivity index (χ1) is 14.5. The predicted octanol–water partition coefficient (Wildman–Crippen LogP) is 2.82. The van der Waals surface area contributed by atoms with Crippen molar-refractivity contribution >= 4 is 33.3 Å². The largest absolute Gasteiger partial charge is 0.390 e. The molecule has 158 valence electrons. The molecule has 4 atom stereocenters. The van der Waals surface area contributed by atoms with E-state index in [-0.39, 0.29) is 12.0 Å². The maximum absolute atomic E-state index is 10.5. The first kappa shape index (κ1) is 19.6. The van der Waals surface area contributed by atoms with Crippen LogP contribution in [-0.4, -0.2) is 54.9 Å². The summed E-state index contributed by atoms with van der Waals surface area (Å²) >= 11 is 1.57. The van der Waals surface area contributed by atoms with Gasteiger partial charge in [-0.05, 0) is 44.1 Å². The van der Waals surface area contributed by atoms with Gasteiger partial charge in [0.1, 0.15) is 22.4 Å². The zero-order valence-electron chi connectivity index (χ0n) is 17.0. The fourth-order valence-corrected chi connectivity index (χ4v) is 5.06. The van der Waals surface area contributed by atoms with Crippen LogP contribution in [0.25, 0.3) is 20.8 Å². The van der Waals surface area contributed by atoms with Crippen molar-refractivity contribution in [3.63, 3.8) is 0 Å². The molecule has 2 aliphatic carbocycles. The lowest BCUT2D eigenvalue weighted by molar-refractivity contribution is 0.0210. The van der Waals surface area contributed by atoms with E-state index < -0.39 is 12.2 Å². The first-order valence-corrected chi connectivity index (χ1v) is 11.3. The quantitative estimate of drug-likeness (QED) is 0.476. The number of aromatic nitrogens is 4. The van der Waals surface area contributed by atoms with Crippen molar-refractivity contribution in [3.05, 3.63) is 24.2 Å². The molecule has 30 heavy (non-hydrogen) atoms. The Kier molecular flexibility index (Phi) is 5.04. The van der Waals surface area contributed by atoms with Gasteiger partial charge >= 0.3 is 0 Å². The third kappa shape index (κ3) is 3.73. The summed E-state index contributed by atoms with van der Waals surface area (Å²) in [6, 6.07) is 1.67. The second kappa shape index (κ2) is 7.72. The number of rotatable bonds is 6. The van der Waals surface area contributed by atoms with E-state index >= 15 is 0 Å². The van der Waals surface area contributed by atoms with Gasteiger partial charge in [-0.25, -0.2) is 9.97 Å². The number of aryl methyl sites for hydroxylation is 1. The van der Waals surface area contributed by atoms with E-state index in [1.165, 1.54) is 12.8 Å². The Morgan fingerprint density at radius 1 is 1.17 bits per heavy atom. The molecular formula is C21H26N6O2S. The molecule has 9 heteroatoms. The Labute approximate surface area is 178 Å². The maximum Gasteiger partial charge on any atom is 0.224 e. The highest BCUT2D eigenvalue weighted by molar-refractivity contribution is 7.21. The maximum atomic E-state index is 10.5. The van der Waals surface area contributed by atoms with Gasteiger partial charge in [0.2, 0.25) is 5.95 Å². The normalized spacial score (nSPS) is 26.3. The van der Waals surface area contributed by atoms with Gasteiger partial charge in [0.05, 0.1) is 34.3 Å². The van der Waals surface area contributed by atoms with Crippen LogP contribution >= 0.6 is 11.3 Å². The fraction of sp³-hybridized carbons (Fsp3) is 0.524. The Morgan fingerprint density at radius 2 is 2.00 bits per heavy atom. The third-order valence-corrected chi connectivity index (χ3v) is 7.09. The topological polar surface area (TPSA) is 116 Å². The summed E-state index contributed by atoms with van der Waals surface area (Å²) in [6.07, 6.45) is 5.09. The monoisotopic (exact) mass is 426 g/mol. The zero-order chi connectivity index (χ0) is 20.8. The van der Waals surface area contributed by atoms with E-state index in [2.05, 4.69) is 20.6 Å². The van der Waals surface area contributed by atoms with Crippen molar-refractivity contribution in [2.75, 3.05) is 17.2 Å². The Hall–Kier alpha value is -2.36. The number of anilines is 2. The predicted molar refractivity (Wildman–Crippen MR) is 118 cm³/mol. The summed E-state index contributed by atoms with van der Waals surface area (Å²) < 4.78 is 1.05. The minimum absolute atomic E-state index is 0.0184. The number of nitrogens with one attached hydrogen (secondary N) is 2. The molecule has 0 saturated heterocycles. The minimum atomic E-state index is -0.842. The van der Waals surface area contributed by atoms with E-state index in [9.17, 15) is 10.2 Å². The van der Waals surface area contributed by atoms with Crippen LogP contribution in [0, 0.1) is 18.8 Å². The van der Waals surface area contributed by atoms with Crippen molar-refractivity contribution in [3.8, 4) is 10.6 Å². The fourth-order valence-electron chi connectivity index (χ4n) is 4.03. The summed E-state index contributed by atoms with van der Waals surface area (Å²) in [6.45, 7) is 4.77. The Morgan fingerprint density at radius 3 is 2.70 bits per heavy atom. The molecule has 0 amide bonds. The SMILES string of the molecule is Cc1nc(NCC2CC2)nc(NC2CC(C)C(O)C2O)c1-c1nc2cnccc2s1. The molecule has 0 bridgehead atoms. The van der Waals surface area contributed by atoms with Crippen molar-refractivity contribution in [2.24, 2.45) is 11.8 Å². The van der Waals surface area contributed by atoms with E-state index in [4.69, 9.17) is 9.97 Å². The lowest BCUT2D eigenvalue weighted by Crippen LogP contribution is -2.35. The molecule has 4 N–H and O–H groups in total. The minimum Gasteiger partial charge on any atom is -0.390 e. The summed E-state index contributed by atoms with van der Waals surface area (Å²) in [5.74, 6) is 1.94. The number of hydrogen-bond donors (Lipinski definition) is 4. The van der Waals surface area contributed by atoms with Crippen LogP contribution in [0.4, 0.5) is 11.8 Å². The van der Waals surface area contributed by atoms with Gasteiger partial charge in [-0.1, -0.05) is 6.92 Å². The van der Waals surface area contributed by atoms with E-state index in [0.717, 1.165) is 33.0 Å². The number of fused-ring (bicyclic) bond motifs is 1. The first-order valence-electron chi connectivity index (χ1n) is 10.5. The Bertz CT molecular complexity index is 1040. The molecule has 2 fully saturated rings. The number of aliphatic hydroxyl groups is 2. The molecule has 0 aliphatic heterocycles. The second-order valence-corrected chi connectivity index (χ2v) is 9.52. The van der Waals surface area contributed by atoms with Crippen LogP contribution < -0.4 is 10.6 Å². The summed E-state index contributed by atoms with van der Waals surface area (Å²) in [7, 11) is 0. The second-order valence-electron chi connectivity index (χ2n) is 8.49. The molecule has 3 aromatic heterocycles. The van der Waals surface area contributed by atoms with Crippen molar-refractivity contribution in [2.45, 2.75) is 51.4 Å². The molecule has 2 saturated carbocycles.